The molecule has 144 valence electrons. The van der Waals surface area contributed by atoms with Crippen LogP contribution in [0.25, 0.3) is 0 Å². The first kappa shape index (κ1) is 19.6. The van der Waals surface area contributed by atoms with Crippen molar-refractivity contribution in [1.29, 1.82) is 0 Å². The van der Waals surface area contributed by atoms with Crippen molar-refractivity contribution in [2.24, 2.45) is 0 Å². The molecule has 0 aliphatic carbocycles. The van der Waals surface area contributed by atoms with E-state index in [4.69, 9.17) is 0 Å². The van der Waals surface area contributed by atoms with E-state index < -0.39 is 16.7 Å². The van der Waals surface area contributed by atoms with Gasteiger partial charge in [0.15, 0.2) is 5.03 Å². The van der Waals surface area contributed by atoms with E-state index in [-0.39, 0.29) is 22.2 Å². The lowest BCUT2D eigenvalue weighted by Gasteiger charge is -2.10. The van der Waals surface area contributed by atoms with Gasteiger partial charge in [0.1, 0.15) is 6.33 Å². The topological polar surface area (TPSA) is 81.0 Å². The van der Waals surface area contributed by atoms with Gasteiger partial charge in [-0.3, -0.25) is 10.1 Å². The SMILES string of the molecule is Cc1ccc(Sc2ncnc(Nc3ccc(C(F)(F)F)cc3)c2[N+](=O)[O-])cc1. The predicted octanol–water partition coefficient (Wildman–Crippen LogP) is 5.61. The fourth-order valence-electron chi connectivity index (χ4n) is 2.29. The van der Waals surface area contributed by atoms with E-state index in [1.165, 1.54) is 12.1 Å². The molecular formula is C18H13F3N4O2S. The van der Waals surface area contributed by atoms with Gasteiger partial charge >= 0.3 is 11.9 Å². The molecule has 1 heterocycles. The van der Waals surface area contributed by atoms with Crippen LogP contribution in [0, 0.1) is 17.0 Å². The lowest BCUT2D eigenvalue weighted by atomic mass is 10.2. The van der Waals surface area contributed by atoms with Gasteiger partial charge in [-0.25, -0.2) is 9.97 Å². The van der Waals surface area contributed by atoms with Gasteiger partial charge in [0.25, 0.3) is 0 Å². The van der Waals surface area contributed by atoms with E-state index in [1.807, 2.05) is 31.2 Å². The van der Waals surface area contributed by atoms with Crippen LogP contribution in [0.3, 0.4) is 0 Å². The number of nitrogens with zero attached hydrogens (tertiary/aromatic N) is 3. The summed E-state index contributed by atoms with van der Waals surface area (Å²) >= 11 is 1.10. The number of nitrogens with one attached hydrogen (secondary N) is 1. The summed E-state index contributed by atoms with van der Waals surface area (Å²) in [5.74, 6) is -0.102. The van der Waals surface area contributed by atoms with Crippen LogP contribution < -0.4 is 5.32 Å². The monoisotopic (exact) mass is 406 g/mol. The third-order valence-corrected chi connectivity index (χ3v) is 4.68. The Morgan fingerprint density at radius 2 is 1.68 bits per heavy atom. The molecule has 1 aromatic heterocycles. The minimum Gasteiger partial charge on any atom is -0.334 e. The first-order valence-corrected chi connectivity index (χ1v) is 8.74. The number of hydrogen-bond acceptors (Lipinski definition) is 6. The highest BCUT2D eigenvalue weighted by molar-refractivity contribution is 7.99. The number of halogens is 3. The Kier molecular flexibility index (Phi) is 5.50. The largest absolute Gasteiger partial charge is 0.416 e. The maximum Gasteiger partial charge on any atom is 0.416 e. The second-order valence-electron chi connectivity index (χ2n) is 5.75. The molecule has 0 aliphatic heterocycles. The molecular weight excluding hydrogens is 393 g/mol. The minimum atomic E-state index is -4.46. The molecule has 0 atom stereocenters. The van der Waals surface area contributed by atoms with Gasteiger partial charge in [0, 0.05) is 10.6 Å². The van der Waals surface area contributed by atoms with Crippen molar-refractivity contribution in [3.05, 3.63) is 76.1 Å². The van der Waals surface area contributed by atoms with Crippen LogP contribution in [0.1, 0.15) is 11.1 Å². The van der Waals surface area contributed by atoms with Crippen molar-refractivity contribution in [3.8, 4) is 0 Å². The normalized spacial score (nSPS) is 11.3. The maximum atomic E-state index is 12.7. The first-order valence-electron chi connectivity index (χ1n) is 7.92. The van der Waals surface area contributed by atoms with Crippen LogP contribution in [-0.4, -0.2) is 14.9 Å². The lowest BCUT2D eigenvalue weighted by Crippen LogP contribution is -2.05. The molecule has 28 heavy (non-hydrogen) atoms. The molecule has 0 amide bonds. The zero-order valence-electron chi connectivity index (χ0n) is 14.4. The van der Waals surface area contributed by atoms with Gasteiger partial charge in [-0.2, -0.15) is 13.2 Å². The van der Waals surface area contributed by atoms with Gasteiger partial charge in [0.05, 0.1) is 10.5 Å². The van der Waals surface area contributed by atoms with Crippen molar-refractivity contribution in [3.63, 3.8) is 0 Å². The molecule has 0 fully saturated rings. The summed E-state index contributed by atoms with van der Waals surface area (Å²) in [5.41, 5.74) is 0.117. The lowest BCUT2D eigenvalue weighted by molar-refractivity contribution is -0.387. The van der Waals surface area contributed by atoms with Crippen LogP contribution in [0.15, 0.2) is 64.8 Å². The predicted molar refractivity (Wildman–Crippen MR) is 98.7 cm³/mol. The summed E-state index contributed by atoms with van der Waals surface area (Å²) in [6, 6.07) is 11.5. The molecule has 10 heteroatoms. The average molecular weight is 406 g/mol. The van der Waals surface area contributed by atoms with Crippen molar-refractivity contribution in [2.75, 3.05) is 5.32 Å². The molecule has 0 saturated heterocycles. The molecule has 3 rings (SSSR count). The molecule has 1 N–H and O–H groups in total. The number of rotatable bonds is 5. The van der Waals surface area contributed by atoms with Crippen LogP contribution >= 0.6 is 11.8 Å². The third-order valence-electron chi connectivity index (χ3n) is 3.68. The van der Waals surface area contributed by atoms with Gasteiger partial charge in [-0.15, -0.1) is 0 Å². The van der Waals surface area contributed by atoms with Crippen molar-refractivity contribution >= 4 is 29.0 Å². The Morgan fingerprint density at radius 1 is 1.04 bits per heavy atom. The summed E-state index contributed by atoms with van der Waals surface area (Å²) in [7, 11) is 0. The number of aromatic nitrogens is 2. The van der Waals surface area contributed by atoms with Gasteiger partial charge in [0.2, 0.25) is 5.82 Å². The van der Waals surface area contributed by atoms with E-state index in [2.05, 4.69) is 15.3 Å². The molecule has 6 nitrogen and oxygen atoms in total. The second-order valence-corrected chi connectivity index (χ2v) is 6.81. The maximum absolute atomic E-state index is 12.7. The zero-order chi connectivity index (χ0) is 20.3. The Labute approximate surface area is 162 Å². The Morgan fingerprint density at radius 3 is 2.25 bits per heavy atom. The summed E-state index contributed by atoms with van der Waals surface area (Å²) < 4.78 is 38.0. The molecule has 0 unspecified atom stereocenters. The average Bonchev–Trinajstić information content (AvgIpc) is 2.63. The number of hydrogen-bond donors (Lipinski definition) is 1. The summed E-state index contributed by atoms with van der Waals surface area (Å²) in [6.07, 6.45) is -3.30. The quantitative estimate of drug-likeness (QED) is 0.337. The summed E-state index contributed by atoms with van der Waals surface area (Å²) in [6.45, 7) is 1.92. The number of aryl methyl sites for hydroxylation is 1. The van der Waals surface area contributed by atoms with Gasteiger partial charge in [-0.05, 0) is 43.3 Å². The number of benzene rings is 2. The standard InChI is InChI=1S/C18H13F3N4O2S/c1-11-2-8-14(9-3-11)28-17-15(25(26)27)16(22-10-23-17)24-13-6-4-12(5-7-13)18(19,20)21/h2-10H,1H3,(H,22,23,24). The smallest absolute Gasteiger partial charge is 0.334 e. The van der Waals surface area contributed by atoms with E-state index in [9.17, 15) is 23.3 Å². The highest BCUT2D eigenvalue weighted by atomic mass is 32.2. The number of alkyl halides is 3. The van der Waals surface area contributed by atoms with Crippen LogP contribution in [0.5, 0.6) is 0 Å². The first-order chi connectivity index (χ1) is 13.2. The number of anilines is 2. The molecule has 0 bridgehead atoms. The van der Waals surface area contributed by atoms with Crippen LogP contribution in [0.2, 0.25) is 0 Å². The molecule has 3 aromatic rings. The molecule has 2 aromatic carbocycles. The van der Waals surface area contributed by atoms with Crippen molar-refractivity contribution < 1.29 is 18.1 Å². The minimum absolute atomic E-state index is 0.102. The summed E-state index contributed by atoms with van der Waals surface area (Å²) in [5, 5.41) is 14.4. The Balaban J connectivity index is 1.91. The molecule has 0 radical (unpaired) electrons. The Hall–Kier alpha value is -3.14. The van der Waals surface area contributed by atoms with E-state index in [0.29, 0.717) is 0 Å². The van der Waals surface area contributed by atoms with Crippen LogP contribution in [-0.2, 0) is 6.18 Å². The van der Waals surface area contributed by atoms with Crippen molar-refractivity contribution in [2.45, 2.75) is 23.0 Å². The van der Waals surface area contributed by atoms with Gasteiger partial charge < -0.3 is 5.32 Å². The van der Waals surface area contributed by atoms with Crippen LogP contribution in [0.4, 0.5) is 30.4 Å². The number of nitro groups is 1. The molecule has 0 saturated carbocycles. The van der Waals surface area contributed by atoms with E-state index in [0.717, 1.165) is 40.7 Å². The highest BCUT2D eigenvalue weighted by Gasteiger charge is 2.30. The summed E-state index contributed by atoms with van der Waals surface area (Å²) in [4.78, 5) is 19.6. The second kappa shape index (κ2) is 7.85. The van der Waals surface area contributed by atoms with E-state index in [1.54, 1.807) is 0 Å². The fourth-order valence-corrected chi connectivity index (χ4v) is 3.15. The molecule has 0 spiro atoms. The third kappa shape index (κ3) is 4.58. The molecule has 0 aliphatic rings. The fraction of sp³-hybridized carbons (Fsp3) is 0.111. The van der Waals surface area contributed by atoms with Crippen molar-refractivity contribution in [1.82, 2.24) is 9.97 Å². The Bertz CT molecular complexity index is 993. The van der Waals surface area contributed by atoms with Gasteiger partial charge in [-0.1, -0.05) is 29.5 Å². The zero-order valence-corrected chi connectivity index (χ0v) is 15.2. The highest BCUT2D eigenvalue weighted by Crippen LogP contribution is 2.38. The van der Waals surface area contributed by atoms with E-state index >= 15 is 0 Å².